The molecule has 0 radical (unpaired) electrons. The normalized spacial score (nSPS) is 11.6. The second-order valence-electron chi connectivity index (χ2n) is 4.20. The van der Waals surface area contributed by atoms with Crippen LogP contribution in [0.25, 0.3) is 0 Å². The molecule has 0 saturated heterocycles. The fourth-order valence-electron chi connectivity index (χ4n) is 1.40. The first kappa shape index (κ1) is 14.5. The Labute approximate surface area is 120 Å². The van der Waals surface area contributed by atoms with Crippen molar-refractivity contribution in [3.63, 3.8) is 0 Å². The van der Waals surface area contributed by atoms with Gasteiger partial charge in [0.2, 0.25) is 5.13 Å². The molecule has 0 aliphatic heterocycles. The lowest BCUT2D eigenvalue weighted by Crippen LogP contribution is -2.12. The summed E-state index contributed by atoms with van der Waals surface area (Å²) in [6, 6.07) is 6.60. The van der Waals surface area contributed by atoms with E-state index in [4.69, 9.17) is 10.5 Å². The number of hydrogen-bond donors (Lipinski definition) is 2. The molecular weight excluding hydrogens is 300 g/mol. The maximum atomic E-state index is 12.0. The molecule has 20 heavy (non-hydrogen) atoms. The number of ether oxygens (including phenoxy) is 1. The lowest BCUT2D eigenvalue weighted by atomic mass is 10.3. The number of nitrogens with two attached hydrogens (primary N) is 1. The minimum absolute atomic E-state index is 0.0573. The largest absolute Gasteiger partial charge is 0.491 e. The molecule has 0 bridgehead atoms. The molecule has 108 valence electrons. The van der Waals surface area contributed by atoms with Gasteiger partial charge in [0.15, 0.2) is 0 Å². The summed E-state index contributed by atoms with van der Waals surface area (Å²) >= 11 is 0.806. The fraction of sp³-hybridized carbons (Fsp3) is 0.273. The molecule has 0 unspecified atom stereocenters. The molecule has 0 saturated carbocycles. The smallest absolute Gasteiger partial charge is 0.291 e. The Hall–Kier alpha value is -1.87. The zero-order valence-electron chi connectivity index (χ0n) is 10.9. The van der Waals surface area contributed by atoms with Gasteiger partial charge in [-0.05, 0) is 38.1 Å². The van der Waals surface area contributed by atoms with E-state index < -0.39 is 10.0 Å². The Balaban J connectivity index is 2.13. The highest BCUT2D eigenvalue weighted by molar-refractivity contribution is 7.94. The number of hydrogen-bond acceptors (Lipinski definition) is 7. The summed E-state index contributed by atoms with van der Waals surface area (Å²) < 4.78 is 31.7. The third kappa shape index (κ3) is 3.58. The molecule has 0 atom stereocenters. The predicted molar refractivity (Wildman–Crippen MR) is 77.3 cm³/mol. The van der Waals surface area contributed by atoms with Crippen molar-refractivity contribution in [1.29, 1.82) is 0 Å². The van der Waals surface area contributed by atoms with Crippen LogP contribution in [-0.4, -0.2) is 24.7 Å². The standard InChI is InChI=1S/C11H14N4O3S2/c1-7(2)18-9-5-3-8(4-6-9)15-20(16,17)11-14-13-10(12)19-11/h3-7,15H,1-2H3,(H2,12,13). The van der Waals surface area contributed by atoms with Crippen molar-refractivity contribution in [2.45, 2.75) is 24.3 Å². The molecule has 0 aliphatic carbocycles. The zero-order chi connectivity index (χ0) is 14.8. The van der Waals surface area contributed by atoms with Crippen molar-refractivity contribution in [2.24, 2.45) is 0 Å². The van der Waals surface area contributed by atoms with Crippen molar-refractivity contribution in [1.82, 2.24) is 10.2 Å². The molecule has 0 amide bonds. The highest BCUT2D eigenvalue weighted by Crippen LogP contribution is 2.22. The summed E-state index contributed by atoms with van der Waals surface area (Å²) in [6.45, 7) is 3.83. The summed E-state index contributed by atoms with van der Waals surface area (Å²) in [5.74, 6) is 0.670. The Morgan fingerprint density at radius 2 is 1.90 bits per heavy atom. The van der Waals surface area contributed by atoms with Crippen molar-refractivity contribution in [3.8, 4) is 5.75 Å². The summed E-state index contributed by atoms with van der Waals surface area (Å²) in [6.07, 6.45) is 0.0573. The summed E-state index contributed by atoms with van der Waals surface area (Å²) in [5, 5.41) is 7.09. The maximum Gasteiger partial charge on any atom is 0.291 e. The molecule has 0 aliphatic rings. The quantitative estimate of drug-likeness (QED) is 0.870. The third-order valence-electron chi connectivity index (χ3n) is 2.13. The molecule has 2 aromatic rings. The Bertz CT molecular complexity index is 680. The van der Waals surface area contributed by atoms with E-state index in [-0.39, 0.29) is 15.6 Å². The summed E-state index contributed by atoms with van der Waals surface area (Å²) in [7, 11) is -3.75. The first-order chi connectivity index (χ1) is 9.37. The van der Waals surface area contributed by atoms with E-state index in [1.165, 1.54) is 0 Å². The van der Waals surface area contributed by atoms with Gasteiger partial charge in [0.05, 0.1) is 6.10 Å². The van der Waals surface area contributed by atoms with Crippen LogP contribution in [0.5, 0.6) is 5.75 Å². The van der Waals surface area contributed by atoms with E-state index in [0.29, 0.717) is 11.4 Å². The summed E-state index contributed by atoms with van der Waals surface area (Å²) in [4.78, 5) is 0. The van der Waals surface area contributed by atoms with E-state index in [1.807, 2.05) is 13.8 Å². The number of nitrogens with zero attached hydrogens (tertiary/aromatic N) is 2. The lowest BCUT2D eigenvalue weighted by Gasteiger charge is -2.10. The molecule has 1 aromatic heterocycles. The number of benzene rings is 1. The van der Waals surface area contributed by atoms with Crippen LogP contribution in [0.4, 0.5) is 10.8 Å². The van der Waals surface area contributed by atoms with Gasteiger partial charge in [-0.2, -0.15) is 8.42 Å². The van der Waals surface area contributed by atoms with E-state index in [1.54, 1.807) is 24.3 Å². The van der Waals surface area contributed by atoms with Gasteiger partial charge in [0.1, 0.15) is 5.75 Å². The topological polar surface area (TPSA) is 107 Å². The predicted octanol–water partition coefficient (Wildman–Crippen LogP) is 1.71. The number of aromatic nitrogens is 2. The van der Waals surface area contributed by atoms with Gasteiger partial charge < -0.3 is 10.5 Å². The molecular formula is C11H14N4O3S2. The van der Waals surface area contributed by atoms with E-state index in [2.05, 4.69) is 14.9 Å². The second-order valence-corrected chi connectivity index (χ2v) is 7.07. The van der Waals surface area contributed by atoms with Crippen LogP contribution >= 0.6 is 11.3 Å². The van der Waals surface area contributed by atoms with Crippen LogP contribution in [0.2, 0.25) is 0 Å². The van der Waals surface area contributed by atoms with Crippen molar-refractivity contribution >= 4 is 32.2 Å². The number of sulfonamides is 1. The first-order valence-electron chi connectivity index (χ1n) is 5.75. The molecule has 0 fully saturated rings. The average molecular weight is 314 g/mol. The molecule has 2 rings (SSSR count). The highest BCUT2D eigenvalue weighted by atomic mass is 32.2. The Kier molecular flexibility index (Phi) is 4.09. The second kappa shape index (κ2) is 5.63. The molecule has 9 heteroatoms. The molecule has 0 spiro atoms. The number of nitrogens with one attached hydrogen (secondary N) is 1. The molecule has 3 N–H and O–H groups in total. The van der Waals surface area contributed by atoms with Crippen LogP contribution in [-0.2, 0) is 10.0 Å². The van der Waals surface area contributed by atoms with Crippen molar-refractivity contribution in [3.05, 3.63) is 24.3 Å². The molecule has 7 nitrogen and oxygen atoms in total. The monoisotopic (exact) mass is 314 g/mol. The zero-order valence-corrected chi connectivity index (χ0v) is 12.5. The summed E-state index contributed by atoms with van der Waals surface area (Å²) in [5.41, 5.74) is 5.78. The van der Waals surface area contributed by atoms with Gasteiger partial charge in [-0.3, -0.25) is 4.72 Å². The van der Waals surface area contributed by atoms with Gasteiger partial charge in [-0.25, -0.2) is 0 Å². The van der Waals surface area contributed by atoms with Crippen LogP contribution in [0.3, 0.4) is 0 Å². The minimum Gasteiger partial charge on any atom is -0.491 e. The molecule has 1 heterocycles. The number of nitrogen functional groups attached to an aromatic ring is 1. The van der Waals surface area contributed by atoms with Gasteiger partial charge in [-0.1, -0.05) is 11.3 Å². The lowest BCUT2D eigenvalue weighted by molar-refractivity contribution is 0.242. The first-order valence-corrected chi connectivity index (χ1v) is 8.05. The van der Waals surface area contributed by atoms with Crippen LogP contribution in [0.1, 0.15) is 13.8 Å². The Morgan fingerprint density at radius 1 is 1.25 bits per heavy atom. The van der Waals surface area contributed by atoms with Gasteiger partial charge in [0, 0.05) is 5.69 Å². The van der Waals surface area contributed by atoms with Crippen LogP contribution in [0, 0.1) is 0 Å². The minimum atomic E-state index is -3.75. The van der Waals surface area contributed by atoms with E-state index in [0.717, 1.165) is 11.3 Å². The van der Waals surface area contributed by atoms with Gasteiger partial charge in [0.25, 0.3) is 14.4 Å². The molecule has 1 aromatic carbocycles. The van der Waals surface area contributed by atoms with Gasteiger partial charge >= 0.3 is 0 Å². The van der Waals surface area contributed by atoms with Crippen LogP contribution < -0.4 is 15.2 Å². The number of anilines is 2. The maximum absolute atomic E-state index is 12.0. The fourth-order valence-corrected chi connectivity index (χ4v) is 3.25. The van der Waals surface area contributed by atoms with E-state index >= 15 is 0 Å². The highest BCUT2D eigenvalue weighted by Gasteiger charge is 2.19. The van der Waals surface area contributed by atoms with E-state index in [9.17, 15) is 8.42 Å². The average Bonchev–Trinajstić information content (AvgIpc) is 2.78. The van der Waals surface area contributed by atoms with Crippen molar-refractivity contribution in [2.75, 3.05) is 10.5 Å². The van der Waals surface area contributed by atoms with Crippen LogP contribution in [0.15, 0.2) is 28.6 Å². The van der Waals surface area contributed by atoms with Crippen molar-refractivity contribution < 1.29 is 13.2 Å². The SMILES string of the molecule is CC(C)Oc1ccc(NS(=O)(=O)c2nnc(N)s2)cc1. The third-order valence-corrected chi connectivity index (χ3v) is 4.63. The van der Waals surface area contributed by atoms with Gasteiger partial charge in [-0.15, -0.1) is 10.2 Å². The number of rotatable bonds is 5. The Morgan fingerprint density at radius 3 is 2.40 bits per heavy atom.